The van der Waals surface area contributed by atoms with E-state index in [9.17, 15) is 0 Å². The lowest BCUT2D eigenvalue weighted by molar-refractivity contribution is 0.330. The number of hydrogen-bond acceptors (Lipinski definition) is 3. The fourth-order valence-corrected chi connectivity index (χ4v) is 2.53. The fourth-order valence-electron chi connectivity index (χ4n) is 2.53. The topological polar surface area (TPSA) is 66.7 Å². The molecule has 0 atom stereocenters. The Morgan fingerprint density at radius 1 is 1.38 bits per heavy atom. The number of aryl methyl sites for hydroxylation is 1. The number of anilines is 2. The Kier molecular flexibility index (Phi) is 3.36. The van der Waals surface area contributed by atoms with Crippen molar-refractivity contribution >= 4 is 11.6 Å². The van der Waals surface area contributed by atoms with Crippen LogP contribution in [0.1, 0.15) is 44.9 Å². The zero-order valence-electron chi connectivity index (χ0n) is 10.2. The average Bonchev–Trinajstić information content (AvgIpc) is 2.59. The Hall–Kier alpha value is -1.19. The molecule has 90 valence electrons. The number of hydrogen-bond donors (Lipinski definition) is 3. The van der Waals surface area contributed by atoms with Crippen molar-refractivity contribution in [3.05, 3.63) is 5.82 Å². The van der Waals surface area contributed by atoms with Crippen molar-refractivity contribution in [3.63, 3.8) is 0 Å². The van der Waals surface area contributed by atoms with Gasteiger partial charge >= 0.3 is 0 Å². The molecule has 0 aromatic carbocycles. The third-order valence-electron chi connectivity index (χ3n) is 3.62. The zero-order valence-corrected chi connectivity index (χ0v) is 10.2. The first-order valence-corrected chi connectivity index (χ1v) is 6.27. The quantitative estimate of drug-likeness (QED) is 0.736. The van der Waals surface area contributed by atoms with Gasteiger partial charge in [-0.2, -0.15) is 0 Å². The SMILES string of the molecule is CCC1CCC(Nc2nc(C)[nH]c2N)CC1. The Labute approximate surface area is 97.0 Å². The summed E-state index contributed by atoms with van der Waals surface area (Å²) < 4.78 is 0. The molecule has 1 saturated carbocycles. The molecular weight excluding hydrogens is 200 g/mol. The van der Waals surface area contributed by atoms with Crippen molar-refractivity contribution in [2.45, 2.75) is 52.0 Å². The van der Waals surface area contributed by atoms with E-state index in [-0.39, 0.29) is 0 Å². The minimum Gasteiger partial charge on any atom is -0.382 e. The van der Waals surface area contributed by atoms with Crippen LogP contribution in [0.3, 0.4) is 0 Å². The molecular formula is C12H22N4. The Bertz CT molecular complexity index is 337. The number of nitrogens with zero attached hydrogens (tertiary/aromatic N) is 1. The van der Waals surface area contributed by atoms with Crippen LogP contribution in [0.5, 0.6) is 0 Å². The molecule has 1 aliphatic carbocycles. The maximum absolute atomic E-state index is 5.83. The number of aromatic nitrogens is 2. The number of nitrogens with one attached hydrogen (secondary N) is 2. The van der Waals surface area contributed by atoms with Crippen LogP contribution in [0.4, 0.5) is 11.6 Å². The molecule has 4 nitrogen and oxygen atoms in total. The molecule has 0 aliphatic heterocycles. The minimum atomic E-state index is 0.549. The number of imidazole rings is 1. The van der Waals surface area contributed by atoms with E-state index in [0.717, 1.165) is 17.6 Å². The van der Waals surface area contributed by atoms with Gasteiger partial charge in [0.2, 0.25) is 0 Å². The lowest BCUT2D eigenvalue weighted by Crippen LogP contribution is -2.26. The van der Waals surface area contributed by atoms with Gasteiger partial charge in [0.1, 0.15) is 11.6 Å². The second-order valence-corrected chi connectivity index (χ2v) is 4.85. The number of aromatic amines is 1. The highest BCUT2D eigenvalue weighted by atomic mass is 15.1. The van der Waals surface area contributed by atoms with E-state index in [0.29, 0.717) is 11.9 Å². The largest absolute Gasteiger partial charge is 0.382 e. The summed E-state index contributed by atoms with van der Waals surface area (Å²) in [6.07, 6.45) is 6.46. The predicted molar refractivity (Wildman–Crippen MR) is 67.4 cm³/mol. The molecule has 0 unspecified atom stereocenters. The van der Waals surface area contributed by atoms with Crippen LogP contribution < -0.4 is 11.1 Å². The summed E-state index contributed by atoms with van der Waals surface area (Å²) >= 11 is 0. The van der Waals surface area contributed by atoms with Crippen LogP contribution in [-0.4, -0.2) is 16.0 Å². The number of rotatable bonds is 3. The van der Waals surface area contributed by atoms with Crippen LogP contribution >= 0.6 is 0 Å². The molecule has 16 heavy (non-hydrogen) atoms. The van der Waals surface area contributed by atoms with Gasteiger partial charge in [0.25, 0.3) is 0 Å². The van der Waals surface area contributed by atoms with Gasteiger partial charge in [0, 0.05) is 6.04 Å². The zero-order chi connectivity index (χ0) is 11.5. The normalized spacial score (nSPS) is 25.6. The number of nitrogens with two attached hydrogens (primary N) is 1. The summed E-state index contributed by atoms with van der Waals surface area (Å²) in [4.78, 5) is 7.37. The minimum absolute atomic E-state index is 0.549. The second-order valence-electron chi connectivity index (χ2n) is 4.85. The van der Waals surface area contributed by atoms with Crippen molar-refractivity contribution in [1.29, 1.82) is 0 Å². The molecule has 2 rings (SSSR count). The molecule has 0 saturated heterocycles. The van der Waals surface area contributed by atoms with E-state index in [1.165, 1.54) is 32.1 Å². The van der Waals surface area contributed by atoms with Crippen LogP contribution in [0.2, 0.25) is 0 Å². The summed E-state index contributed by atoms with van der Waals surface area (Å²) in [5.74, 6) is 3.30. The molecule has 1 aliphatic rings. The van der Waals surface area contributed by atoms with E-state index in [2.05, 4.69) is 22.2 Å². The van der Waals surface area contributed by atoms with Crippen LogP contribution in [-0.2, 0) is 0 Å². The molecule has 0 radical (unpaired) electrons. The monoisotopic (exact) mass is 222 g/mol. The summed E-state index contributed by atoms with van der Waals surface area (Å²) in [6, 6.07) is 0.549. The van der Waals surface area contributed by atoms with Gasteiger partial charge < -0.3 is 16.0 Å². The molecule has 0 spiro atoms. The molecule has 0 amide bonds. The molecule has 1 fully saturated rings. The maximum Gasteiger partial charge on any atom is 0.168 e. The first-order valence-electron chi connectivity index (χ1n) is 6.27. The standard InChI is InChI=1S/C12H22N4/c1-3-9-4-6-10(7-5-9)16-12-11(13)14-8(2)15-12/h9-10,16H,3-7,13H2,1-2H3,(H,14,15). The van der Waals surface area contributed by atoms with Crippen molar-refractivity contribution in [2.24, 2.45) is 5.92 Å². The number of H-pyrrole nitrogens is 1. The van der Waals surface area contributed by atoms with E-state index in [1.807, 2.05) is 6.92 Å². The van der Waals surface area contributed by atoms with Gasteiger partial charge in [0.15, 0.2) is 5.82 Å². The highest BCUT2D eigenvalue weighted by molar-refractivity contribution is 5.57. The highest BCUT2D eigenvalue weighted by Gasteiger charge is 2.20. The average molecular weight is 222 g/mol. The predicted octanol–water partition coefficient (Wildman–Crippen LogP) is 2.68. The summed E-state index contributed by atoms with van der Waals surface area (Å²) in [5.41, 5.74) is 5.83. The molecule has 4 heteroatoms. The molecule has 1 heterocycles. The van der Waals surface area contributed by atoms with Crippen LogP contribution in [0, 0.1) is 12.8 Å². The lowest BCUT2D eigenvalue weighted by atomic mass is 9.84. The van der Waals surface area contributed by atoms with Crippen LogP contribution in [0.15, 0.2) is 0 Å². The lowest BCUT2D eigenvalue weighted by Gasteiger charge is -2.28. The van der Waals surface area contributed by atoms with E-state index in [1.54, 1.807) is 0 Å². The fraction of sp³-hybridized carbons (Fsp3) is 0.750. The van der Waals surface area contributed by atoms with E-state index >= 15 is 0 Å². The van der Waals surface area contributed by atoms with Gasteiger partial charge in [-0.3, -0.25) is 0 Å². The van der Waals surface area contributed by atoms with Gasteiger partial charge in [0.05, 0.1) is 0 Å². The highest BCUT2D eigenvalue weighted by Crippen LogP contribution is 2.29. The third kappa shape index (κ3) is 2.49. The van der Waals surface area contributed by atoms with Gasteiger partial charge in [-0.15, -0.1) is 0 Å². The first-order chi connectivity index (χ1) is 7.69. The van der Waals surface area contributed by atoms with Gasteiger partial charge in [-0.25, -0.2) is 4.98 Å². The van der Waals surface area contributed by atoms with Crippen molar-refractivity contribution in [3.8, 4) is 0 Å². The third-order valence-corrected chi connectivity index (χ3v) is 3.62. The summed E-state index contributed by atoms with van der Waals surface area (Å²) in [7, 11) is 0. The summed E-state index contributed by atoms with van der Waals surface area (Å²) in [5, 5.41) is 3.45. The van der Waals surface area contributed by atoms with Gasteiger partial charge in [-0.05, 0) is 38.5 Å². The molecule has 0 bridgehead atoms. The maximum atomic E-state index is 5.83. The second kappa shape index (κ2) is 4.76. The Morgan fingerprint density at radius 2 is 2.06 bits per heavy atom. The number of nitrogen functional groups attached to an aromatic ring is 1. The van der Waals surface area contributed by atoms with Crippen molar-refractivity contribution in [1.82, 2.24) is 9.97 Å². The molecule has 1 aromatic heterocycles. The van der Waals surface area contributed by atoms with Crippen molar-refractivity contribution < 1.29 is 0 Å². The van der Waals surface area contributed by atoms with Crippen molar-refractivity contribution in [2.75, 3.05) is 11.1 Å². The Morgan fingerprint density at radius 3 is 2.56 bits per heavy atom. The first kappa shape index (κ1) is 11.3. The molecule has 4 N–H and O–H groups in total. The molecule has 1 aromatic rings. The van der Waals surface area contributed by atoms with Gasteiger partial charge in [-0.1, -0.05) is 13.3 Å². The summed E-state index contributed by atoms with van der Waals surface area (Å²) in [6.45, 7) is 4.21. The van der Waals surface area contributed by atoms with Crippen LogP contribution in [0.25, 0.3) is 0 Å². The van der Waals surface area contributed by atoms with E-state index in [4.69, 9.17) is 5.73 Å². The van der Waals surface area contributed by atoms with E-state index < -0.39 is 0 Å². The smallest absolute Gasteiger partial charge is 0.168 e. The Balaban J connectivity index is 1.89.